The maximum absolute atomic E-state index is 12.9. The number of aromatic nitrogens is 1. The molecule has 2 aromatic carbocycles. The molecule has 2 amide bonds. The highest BCUT2D eigenvalue weighted by atomic mass is 35.5. The molecule has 0 radical (unpaired) electrons. The fraction of sp³-hybridized carbons (Fsp3) is 0.0952. The second kappa shape index (κ2) is 8.11. The summed E-state index contributed by atoms with van der Waals surface area (Å²) in [7, 11) is 1.49. The lowest BCUT2D eigenvalue weighted by molar-refractivity contribution is 0.0986. The first-order chi connectivity index (χ1) is 13.7. The van der Waals surface area contributed by atoms with E-state index in [1.807, 2.05) is 0 Å². The Morgan fingerprint density at radius 2 is 1.83 bits per heavy atom. The highest BCUT2D eigenvalue weighted by Gasteiger charge is 2.22. The molecular formula is C21H17Cl2N3O3. The van der Waals surface area contributed by atoms with E-state index in [0.29, 0.717) is 32.3 Å². The third kappa shape index (κ3) is 4.04. The Morgan fingerprint density at radius 1 is 1.10 bits per heavy atom. The molecule has 3 aromatic rings. The summed E-state index contributed by atoms with van der Waals surface area (Å²) in [6.45, 7) is 1.77. The quantitative estimate of drug-likeness (QED) is 0.640. The van der Waals surface area contributed by atoms with Gasteiger partial charge in [-0.2, -0.15) is 0 Å². The van der Waals surface area contributed by atoms with E-state index >= 15 is 0 Å². The lowest BCUT2D eigenvalue weighted by atomic mass is 10.0. The van der Waals surface area contributed by atoms with Gasteiger partial charge in [0.15, 0.2) is 11.6 Å². The average molecular weight is 430 g/mol. The van der Waals surface area contributed by atoms with E-state index in [-0.39, 0.29) is 17.1 Å². The standard InChI is InChI=1S/C21H17Cl2N3O3/c1-11-4-3-5-16(23)18(11)21(29)26(2)20-17(27)9-13(10-25-20)14-8-12(19(24)28)6-7-15(14)22/h3-10,27H,1-2H3,(H2,24,28). The van der Waals surface area contributed by atoms with Crippen LogP contribution in [0.1, 0.15) is 26.3 Å². The second-order valence-corrected chi connectivity index (χ2v) is 7.24. The van der Waals surface area contributed by atoms with Gasteiger partial charge in [0.25, 0.3) is 5.91 Å². The molecule has 0 unspecified atom stereocenters. The molecule has 148 valence electrons. The number of rotatable bonds is 4. The number of nitrogens with zero attached hydrogens (tertiary/aromatic N) is 2. The van der Waals surface area contributed by atoms with Gasteiger partial charge in [0, 0.05) is 35.0 Å². The lowest BCUT2D eigenvalue weighted by Crippen LogP contribution is -2.28. The van der Waals surface area contributed by atoms with Gasteiger partial charge in [-0.25, -0.2) is 4.98 Å². The molecule has 3 N–H and O–H groups in total. The summed E-state index contributed by atoms with van der Waals surface area (Å²) < 4.78 is 0. The molecule has 0 saturated heterocycles. The Kier molecular flexibility index (Phi) is 5.77. The van der Waals surface area contributed by atoms with Crippen LogP contribution < -0.4 is 10.6 Å². The van der Waals surface area contributed by atoms with Crippen LogP contribution in [0.15, 0.2) is 48.7 Å². The van der Waals surface area contributed by atoms with Crippen molar-refractivity contribution < 1.29 is 14.7 Å². The second-order valence-electron chi connectivity index (χ2n) is 6.42. The number of pyridine rings is 1. The molecule has 0 saturated carbocycles. The molecule has 0 fully saturated rings. The normalized spacial score (nSPS) is 10.6. The largest absolute Gasteiger partial charge is 0.504 e. The molecule has 0 aliphatic carbocycles. The van der Waals surface area contributed by atoms with E-state index in [0.717, 1.165) is 0 Å². The maximum Gasteiger partial charge on any atom is 0.261 e. The van der Waals surface area contributed by atoms with Crippen LogP contribution in [0.4, 0.5) is 5.82 Å². The molecule has 0 spiro atoms. The first kappa shape index (κ1) is 20.6. The third-order valence-corrected chi connectivity index (χ3v) is 5.11. The minimum atomic E-state index is -0.600. The van der Waals surface area contributed by atoms with Crippen molar-refractivity contribution in [2.24, 2.45) is 5.73 Å². The molecule has 0 aliphatic rings. The summed E-state index contributed by atoms with van der Waals surface area (Å²) in [5.41, 5.74) is 7.58. The number of anilines is 1. The average Bonchev–Trinajstić information content (AvgIpc) is 2.67. The number of carbonyl (C=O) groups excluding carboxylic acids is 2. The highest BCUT2D eigenvalue weighted by molar-refractivity contribution is 6.35. The number of hydrogen-bond acceptors (Lipinski definition) is 4. The zero-order chi connectivity index (χ0) is 21.3. The van der Waals surface area contributed by atoms with Crippen molar-refractivity contribution in [1.29, 1.82) is 0 Å². The van der Waals surface area contributed by atoms with Crippen molar-refractivity contribution in [3.63, 3.8) is 0 Å². The summed E-state index contributed by atoms with van der Waals surface area (Å²) in [6, 6.07) is 11.1. The molecule has 1 aromatic heterocycles. The molecule has 1 heterocycles. The number of aryl methyl sites for hydroxylation is 1. The van der Waals surface area contributed by atoms with Crippen molar-refractivity contribution in [3.8, 4) is 16.9 Å². The number of carbonyl (C=O) groups is 2. The number of primary amides is 1. The Morgan fingerprint density at radius 3 is 2.45 bits per heavy atom. The fourth-order valence-corrected chi connectivity index (χ4v) is 3.45. The Balaban J connectivity index is 1.99. The van der Waals surface area contributed by atoms with Gasteiger partial charge in [-0.3, -0.25) is 14.5 Å². The molecule has 6 nitrogen and oxygen atoms in total. The molecule has 0 atom stereocenters. The van der Waals surface area contributed by atoms with E-state index in [9.17, 15) is 14.7 Å². The number of nitrogens with two attached hydrogens (primary N) is 1. The van der Waals surface area contributed by atoms with Crippen LogP contribution >= 0.6 is 23.2 Å². The van der Waals surface area contributed by atoms with Gasteiger partial charge in [0.1, 0.15) is 0 Å². The van der Waals surface area contributed by atoms with Crippen molar-refractivity contribution in [2.45, 2.75) is 6.92 Å². The van der Waals surface area contributed by atoms with Gasteiger partial charge < -0.3 is 10.8 Å². The van der Waals surface area contributed by atoms with Gasteiger partial charge in [-0.15, -0.1) is 0 Å². The fourth-order valence-electron chi connectivity index (χ4n) is 2.92. The number of aromatic hydroxyl groups is 1. The van der Waals surface area contributed by atoms with Crippen molar-refractivity contribution in [3.05, 3.63) is 75.4 Å². The number of amides is 2. The summed E-state index contributed by atoms with van der Waals surface area (Å²) in [5, 5.41) is 11.2. The minimum Gasteiger partial charge on any atom is -0.504 e. The maximum atomic E-state index is 12.9. The first-order valence-electron chi connectivity index (χ1n) is 8.52. The van der Waals surface area contributed by atoms with Gasteiger partial charge in [0.2, 0.25) is 5.91 Å². The molecule has 0 bridgehead atoms. The van der Waals surface area contributed by atoms with Crippen LogP contribution in [0.25, 0.3) is 11.1 Å². The predicted octanol–water partition coefficient (Wildman–Crippen LogP) is 4.44. The van der Waals surface area contributed by atoms with Crippen LogP contribution in [-0.2, 0) is 0 Å². The Labute approximate surface area is 177 Å². The van der Waals surface area contributed by atoms with E-state index in [1.165, 1.54) is 42.4 Å². The molecular weight excluding hydrogens is 413 g/mol. The molecule has 0 aliphatic heterocycles. The molecule has 3 rings (SSSR count). The van der Waals surface area contributed by atoms with Crippen LogP contribution in [0, 0.1) is 6.92 Å². The molecule has 29 heavy (non-hydrogen) atoms. The van der Waals surface area contributed by atoms with Crippen molar-refractivity contribution in [2.75, 3.05) is 11.9 Å². The summed E-state index contributed by atoms with van der Waals surface area (Å²) in [5.74, 6) is -1.18. The Hall–Kier alpha value is -3.09. The Bertz CT molecular complexity index is 1110. The van der Waals surface area contributed by atoms with Gasteiger partial charge in [-0.05, 0) is 42.8 Å². The SMILES string of the molecule is Cc1cccc(Cl)c1C(=O)N(C)c1ncc(-c2cc(C(N)=O)ccc2Cl)cc1O. The van der Waals surface area contributed by atoms with Crippen molar-refractivity contribution in [1.82, 2.24) is 4.98 Å². The van der Waals surface area contributed by atoms with Gasteiger partial charge >= 0.3 is 0 Å². The zero-order valence-electron chi connectivity index (χ0n) is 15.6. The first-order valence-corrected chi connectivity index (χ1v) is 9.28. The zero-order valence-corrected chi connectivity index (χ0v) is 17.1. The van der Waals surface area contributed by atoms with Crippen LogP contribution in [0.5, 0.6) is 5.75 Å². The number of halogens is 2. The summed E-state index contributed by atoms with van der Waals surface area (Å²) >= 11 is 12.4. The third-order valence-electron chi connectivity index (χ3n) is 4.47. The van der Waals surface area contributed by atoms with E-state index in [4.69, 9.17) is 28.9 Å². The highest BCUT2D eigenvalue weighted by Crippen LogP contribution is 2.34. The van der Waals surface area contributed by atoms with Crippen LogP contribution in [0.2, 0.25) is 10.0 Å². The lowest BCUT2D eigenvalue weighted by Gasteiger charge is -2.20. The smallest absolute Gasteiger partial charge is 0.261 e. The van der Waals surface area contributed by atoms with E-state index < -0.39 is 11.8 Å². The van der Waals surface area contributed by atoms with Crippen LogP contribution in [-0.4, -0.2) is 29.0 Å². The van der Waals surface area contributed by atoms with Crippen molar-refractivity contribution >= 4 is 40.8 Å². The predicted molar refractivity (Wildman–Crippen MR) is 114 cm³/mol. The topological polar surface area (TPSA) is 96.5 Å². The molecule has 8 heteroatoms. The summed E-state index contributed by atoms with van der Waals surface area (Å²) in [6.07, 6.45) is 1.45. The van der Waals surface area contributed by atoms with Crippen LogP contribution in [0.3, 0.4) is 0 Å². The van der Waals surface area contributed by atoms with Gasteiger partial charge in [0.05, 0.1) is 10.6 Å². The minimum absolute atomic E-state index is 0.0558. The summed E-state index contributed by atoms with van der Waals surface area (Å²) in [4.78, 5) is 29.7. The number of benzene rings is 2. The van der Waals surface area contributed by atoms with Gasteiger partial charge in [-0.1, -0.05) is 35.3 Å². The monoisotopic (exact) mass is 429 g/mol. The number of hydrogen-bond donors (Lipinski definition) is 2. The van der Waals surface area contributed by atoms with E-state index in [1.54, 1.807) is 25.1 Å². The van der Waals surface area contributed by atoms with E-state index in [2.05, 4.69) is 4.98 Å².